The summed E-state index contributed by atoms with van der Waals surface area (Å²) in [4.78, 5) is 30.0. The molecule has 0 aliphatic carbocycles. The predicted octanol–water partition coefficient (Wildman–Crippen LogP) is -0.870. The van der Waals surface area contributed by atoms with E-state index in [0.717, 1.165) is 4.68 Å². The molecule has 0 bridgehead atoms. The van der Waals surface area contributed by atoms with Crippen LogP contribution in [-0.4, -0.2) is 38.7 Å². The molecule has 0 fully saturated rings. The van der Waals surface area contributed by atoms with Crippen LogP contribution in [0.1, 0.15) is 21.1 Å². The van der Waals surface area contributed by atoms with Crippen molar-refractivity contribution in [3.8, 4) is 5.82 Å². The van der Waals surface area contributed by atoms with E-state index in [1.807, 2.05) is 0 Å². The van der Waals surface area contributed by atoms with E-state index in [1.54, 1.807) is 0 Å². The van der Waals surface area contributed by atoms with E-state index >= 15 is 0 Å². The summed E-state index contributed by atoms with van der Waals surface area (Å²) in [6.07, 6.45) is 1.23. The molecule has 2 aromatic rings. The average molecular weight is 262 g/mol. The number of methoxy groups -OCH3 is 1. The molecule has 2 rings (SSSR count). The molecule has 0 aromatic carbocycles. The van der Waals surface area contributed by atoms with Crippen molar-refractivity contribution in [3.63, 3.8) is 0 Å². The van der Waals surface area contributed by atoms with Crippen molar-refractivity contribution in [3.05, 3.63) is 30.0 Å². The maximum absolute atomic E-state index is 11.2. The molecule has 1 amide bonds. The minimum absolute atomic E-state index is 0.0271. The van der Waals surface area contributed by atoms with Gasteiger partial charge in [-0.15, -0.1) is 5.10 Å². The SMILES string of the molecule is COC(=O)c1ncn(-c2nc(C(N)=O)ccc2N)n1. The van der Waals surface area contributed by atoms with Gasteiger partial charge in [0.1, 0.15) is 12.0 Å². The molecule has 0 aliphatic rings. The highest BCUT2D eigenvalue weighted by molar-refractivity contribution is 5.91. The van der Waals surface area contributed by atoms with Gasteiger partial charge in [-0.1, -0.05) is 0 Å². The first-order valence-electron chi connectivity index (χ1n) is 5.09. The zero-order valence-electron chi connectivity index (χ0n) is 9.90. The van der Waals surface area contributed by atoms with E-state index in [4.69, 9.17) is 11.5 Å². The number of carbonyl (C=O) groups is 2. The highest BCUT2D eigenvalue weighted by Crippen LogP contribution is 2.14. The van der Waals surface area contributed by atoms with Gasteiger partial charge in [0.2, 0.25) is 0 Å². The number of hydrogen-bond acceptors (Lipinski definition) is 7. The summed E-state index contributed by atoms with van der Waals surface area (Å²) in [6.45, 7) is 0. The number of nitrogens with zero attached hydrogens (tertiary/aromatic N) is 4. The summed E-state index contributed by atoms with van der Waals surface area (Å²) < 4.78 is 5.64. The second-order valence-corrected chi connectivity index (χ2v) is 3.48. The lowest BCUT2D eigenvalue weighted by atomic mass is 10.3. The molecule has 0 radical (unpaired) electrons. The number of aromatic nitrogens is 4. The van der Waals surface area contributed by atoms with E-state index < -0.39 is 11.9 Å². The van der Waals surface area contributed by atoms with Crippen molar-refractivity contribution in [1.82, 2.24) is 19.7 Å². The van der Waals surface area contributed by atoms with Crippen LogP contribution in [0.5, 0.6) is 0 Å². The standard InChI is InChI=1S/C10H10N6O3/c1-19-10(18)8-13-4-16(15-8)9-5(11)2-3-6(14-9)7(12)17/h2-4H,11H2,1H3,(H2,12,17). The third-order valence-electron chi connectivity index (χ3n) is 2.23. The average Bonchev–Trinajstić information content (AvgIpc) is 2.87. The predicted molar refractivity (Wildman–Crippen MR) is 63.4 cm³/mol. The molecule has 2 heterocycles. The fourth-order valence-corrected chi connectivity index (χ4v) is 1.33. The first-order valence-corrected chi connectivity index (χ1v) is 5.09. The highest BCUT2D eigenvalue weighted by atomic mass is 16.5. The fourth-order valence-electron chi connectivity index (χ4n) is 1.33. The molecule has 9 heteroatoms. The Kier molecular flexibility index (Phi) is 3.10. The van der Waals surface area contributed by atoms with E-state index in [-0.39, 0.29) is 23.0 Å². The van der Waals surface area contributed by atoms with Crippen LogP contribution in [0.3, 0.4) is 0 Å². The van der Waals surface area contributed by atoms with Crippen LogP contribution in [0.2, 0.25) is 0 Å². The molecule has 19 heavy (non-hydrogen) atoms. The normalized spacial score (nSPS) is 10.2. The van der Waals surface area contributed by atoms with E-state index in [2.05, 4.69) is 19.8 Å². The van der Waals surface area contributed by atoms with Crippen LogP contribution in [0, 0.1) is 0 Å². The number of nitrogens with two attached hydrogens (primary N) is 2. The minimum atomic E-state index is -0.699. The maximum atomic E-state index is 11.2. The largest absolute Gasteiger partial charge is 0.463 e. The zero-order valence-corrected chi connectivity index (χ0v) is 9.90. The zero-order chi connectivity index (χ0) is 14.0. The summed E-state index contributed by atoms with van der Waals surface area (Å²) in [6, 6.07) is 2.85. The first kappa shape index (κ1) is 12.5. The third kappa shape index (κ3) is 2.34. The Morgan fingerprint density at radius 3 is 2.74 bits per heavy atom. The molecule has 0 saturated heterocycles. The smallest absolute Gasteiger partial charge is 0.377 e. The fraction of sp³-hybridized carbons (Fsp3) is 0.100. The number of nitrogen functional groups attached to an aromatic ring is 1. The van der Waals surface area contributed by atoms with Gasteiger partial charge in [0.25, 0.3) is 11.7 Å². The van der Waals surface area contributed by atoms with Crippen LogP contribution >= 0.6 is 0 Å². The Labute approximate surface area is 107 Å². The molecule has 98 valence electrons. The molecular formula is C10H10N6O3. The molecule has 4 N–H and O–H groups in total. The Balaban J connectivity index is 2.46. The summed E-state index contributed by atoms with van der Waals surface area (Å²) in [5, 5.41) is 3.85. The molecule has 0 aliphatic heterocycles. The van der Waals surface area contributed by atoms with Gasteiger partial charge in [-0.3, -0.25) is 4.79 Å². The van der Waals surface area contributed by atoms with Gasteiger partial charge in [0.15, 0.2) is 5.82 Å². The Morgan fingerprint density at radius 1 is 1.37 bits per heavy atom. The number of pyridine rings is 1. The van der Waals surface area contributed by atoms with Crippen molar-refractivity contribution in [1.29, 1.82) is 0 Å². The lowest BCUT2D eigenvalue weighted by Crippen LogP contribution is -2.15. The van der Waals surface area contributed by atoms with Crippen LogP contribution in [0.15, 0.2) is 18.5 Å². The number of ether oxygens (including phenoxy) is 1. The first-order chi connectivity index (χ1) is 9.02. The molecule has 9 nitrogen and oxygen atoms in total. The van der Waals surface area contributed by atoms with Gasteiger partial charge < -0.3 is 16.2 Å². The quantitative estimate of drug-likeness (QED) is 0.685. The van der Waals surface area contributed by atoms with Crippen LogP contribution in [0.4, 0.5) is 5.69 Å². The van der Waals surface area contributed by atoms with Crippen molar-refractivity contribution in [2.75, 3.05) is 12.8 Å². The van der Waals surface area contributed by atoms with Gasteiger partial charge in [0.05, 0.1) is 12.8 Å². The van der Waals surface area contributed by atoms with Crippen molar-refractivity contribution < 1.29 is 14.3 Å². The van der Waals surface area contributed by atoms with Crippen molar-refractivity contribution in [2.24, 2.45) is 5.73 Å². The molecule has 0 spiro atoms. The highest BCUT2D eigenvalue weighted by Gasteiger charge is 2.15. The number of esters is 1. The Morgan fingerprint density at radius 2 is 2.11 bits per heavy atom. The number of amides is 1. The second-order valence-electron chi connectivity index (χ2n) is 3.48. The lowest BCUT2D eigenvalue weighted by Gasteiger charge is -2.04. The molecule has 0 atom stereocenters. The summed E-state index contributed by atoms with van der Waals surface area (Å²) in [7, 11) is 1.21. The van der Waals surface area contributed by atoms with Gasteiger partial charge in [-0.2, -0.15) is 4.68 Å². The third-order valence-corrected chi connectivity index (χ3v) is 2.23. The number of anilines is 1. The molecule has 0 saturated carbocycles. The van der Waals surface area contributed by atoms with Crippen molar-refractivity contribution >= 4 is 17.6 Å². The van der Waals surface area contributed by atoms with E-state index in [9.17, 15) is 9.59 Å². The van der Waals surface area contributed by atoms with Gasteiger partial charge in [-0.05, 0) is 12.1 Å². The number of hydrogen-bond donors (Lipinski definition) is 2. The number of carbonyl (C=O) groups excluding carboxylic acids is 2. The number of rotatable bonds is 3. The number of primary amides is 1. The summed E-state index contributed by atoms with van der Waals surface area (Å²) in [5.74, 6) is -1.38. The van der Waals surface area contributed by atoms with Crippen LogP contribution < -0.4 is 11.5 Å². The van der Waals surface area contributed by atoms with Gasteiger partial charge in [-0.25, -0.2) is 14.8 Å². The van der Waals surface area contributed by atoms with E-state index in [0.29, 0.717) is 0 Å². The maximum Gasteiger partial charge on any atom is 0.377 e. The van der Waals surface area contributed by atoms with Gasteiger partial charge >= 0.3 is 5.97 Å². The monoisotopic (exact) mass is 262 g/mol. The molecule has 0 unspecified atom stereocenters. The van der Waals surface area contributed by atoms with Crippen LogP contribution in [-0.2, 0) is 4.74 Å². The topological polar surface area (TPSA) is 139 Å². The summed E-state index contributed by atoms with van der Waals surface area (Å²) in [5.41, 5.74) is 11.1. The van der Waals surface area contributed by atoms with Crippen LogP contribution in [0.25, 0.3) is 5.82 Å². The molecular weight excluding hydrogens is 252 g/mol. The van der Waals surface area contributed by atoms with Gasteiger partial charge in [0, 0.05) is 0 Å². The minimum Gasteiger partial charge on any atom is -0.463 e. The Bertz CT molecular complexity index is 650. The summed E-state index contributed by atoms with van der Waals surface area (Å²) >= 11 is 0. The van der Waals surface area contributed by atoms with E-state index in [1.165, 1.54) is 25.6 Å². The second kappa shape index (κ2) is 4.72. The Hall–Kier alpha value is -2.97. The van der Waals surface area contributed by atoms with Crippen molar-refractivity contribution in [2.45, 2.75) is 0 Å². The lowest BCUT2D eigenvalue weighted by molar-refractivity contribution is 0.0586. The molecule has 2 aromatic heterocycles.